The number of hydrogen-bond donors (Lipinski definition) is 0. The molecule has 3 aromatic carbocycles. The van der Waals surface area contributed by atoms with Gasteiger partial charge in [-0.05, 0) is 48.2 Å². The number of nitrogens with zero attached hydrogens (tertiary/aromatic N) is 1. The Balaban J connectivity index is 2.02. The first kappa shape index (κ1) is 19.3. The van der Waals surface area contributed by atoms with Gasteiger partial charge in [0.15, 0.2) is 0 Å². The van der Waals surface area contributed by atoms with Gasteiger partial charge in [-0.2, -0.15) is 13.2 Å². The van der Waals surface area contributed by atoms with E-state index in [-0.39, 0.29) is 9.08 Å². The number of fused-ring (bicyclic) bond motifs is 1. The first-order valence-corrected chi connectivity index (χ1v) is 10.1. The second kappa shape index (κ2) is 7.41. The van der Waals surface area contributed by atoms with Crippen molar-refractivity contribution in [2.75, 3.05) is 0 Å². The van der Waals surface area contributed by atoms with E-state index in [1.807, 2.05) is 72.8 Å². The van der Waals surface area contributed by atoms with Gasteiger partial charge in [-0.25, -0.2) is 0 Å². The highest BCUT2D eigenvalue weighted by atomic mass is 79.9. The molecule has 4 rings (SSSR count). The number of benzene rings is 3. The standard InChI is InChI=1S/C22H14Br2F3N/c23-19-18(22(25,26)27)21(24)28(13-14-7-2-1-3-8-14)20(19)17-12-6-10-15-9-4-5-11-16(15)17/h1-12H,13H2. The van der Waals surface area contributed by atoms with E-state index in [0.29, 0.717) is 12.2 Å². The molecule has 1 heterocycles. The van der Waals surface area contributed by atoms with Gasteiger partial charge in [-0.1, -0.05) is 72.8 Å². The smallest absolute Gasteiger partial charge is 0.329 e. The Kier molecular flexibility index (Phi) is 5.10. The molecule has 0 radical (unpaired) electrons. The zero-order chi connectivity index (χ0) is 19.9. The Bertz CT molecular complexity index is 1140. The van der Waals surface area contributed by atoms with Crippen LogP contribution in [0, 0.1) is 0 Å². The molecule has 6 heteroatoms. The van der Waals surface area contributed by atoms with E-state index in [4.69, 9.17) is 0 Å². The summed E-state index contributed by atoms with van der Waals surface area (Å²) in [6.45, 7) is 0.314. The zero-order valence-corrected chi connectivity index (χ0v) is 17.6. The van der Waals surface area contributed by atoms with Gasteiger partial charge >= 0.3 is 6.18 Å². The number of alkyl halides is 3. The van der Waals surface area contributed by atoms with E-state index in [1.165, 1.54) is 0 Å². The van der Waals surface area contributed by atoms with Crippen molar-refractivity contribution in [2.45, 2.75) is 12.7 Å². The van der Waals surface area contributed by atoms with Gasteiger partial charge in [0.25, 0.3) is 0 Å². The van der Waals surface area contributed by atoms with Crippen molar-refractivity contribution in [3.8, 4) is 11.3 Å². The second-order valence-electron chi connectivity index (χ2n) is 6.42. The molecule has 142 valence electrons. The summed E-state index contributed by atoms with van der Waals surface area (Å²) in [6, 6.07) is 22.8. The number of hydrogen-bond acceptors (Lipinski definition) is 0. The fourth-order valence-electron chi connectivity index (χ4n) is 3.41. The predicted octanol–water partition coefficient (Wildman–Crippen LogP) is 7.90. The summed E-state index contributed by atoms with van der Waals surface area (Å²) in [6.07, 6.45) is -4.49. The number of rotatable bonds is 3. The normalized spacial score (nSPS) is 11.9. The lowest BCUT2D eigenvalue weighted by atomic mass is 10.0. The van der Waals surface area contributed by atoms with E-state index < -0.39 is 11.7 Å². The van der Waals surface area contributed by atoms with Crippen LogP contribution in [0.2, 0.25) is 0 Å². The van der Waals surface area contributed by atoms with E-state index >= 15 is 0 Å². The van der Waals surface area contributed by atoms with Crippen molar-refractivity contribution in [3.63, 3.8) is 0 Å². The van der Waals surface area contributed by atoms with Gasteiger partial charge in [-0.15, -0.1) is 0 Å². The van der Waals surface area contributed by atoms with Crippen LogP contribution in [0.3, 0.4) is 0 Å². The van der Waals surface area contributed by atoms with Gasteiger partial charge < -0.3 is 4.57 Å². The summed E-state index contributed by atoms with van der Waals surface area (Å²) in [5, 5.41) is 1.88. The van der Waals surface area contributed by atoms with Crippen LogP contribution in [0.25, 0.3) is 22.0 Å². The van der Waals surface area contributed by atoms with Crippen LogP contribution in [0.1, 0.15) is 11.1 Å². The average molecular weight is 509 g/mol. The molecule has 0 aliphatic carbocycles. The molecule has 0 aliphatic heterocycles. The van der Waals surface area contributed by atoms with Gasteiger partial charge in [0.05, 0.1) is 14.8 Å². The highest BCUT2D eigenvalue weighted by molar-refractivity contribution is 9.11. The van der Waals surface area contributed by atoms with Crippen molar-refractivity contribution in [1.29, 1.82) is 0 Å². The molecule has 28 heavy (non-hydrogen) atoms. The van der Waals surface area contributed by atoms with Gasteiger partial charge in [0, 0.05) is 12.1 Å². The van der Waals surface area contributed by atoms with Gasteiger partial charge in [0.1, 0.15) is 5.56 Å². The summed E-state index contributed by atoms with van der Waals surface area (Å²) < 4.78 is 43.1. The predicted molar refractivity (Wildman–Crippen MR) is 113 cm³/mol. The quantitative estimate of drug-likeness (QED) is 0.265. The van der Waals surface area contributed by atoms with Crippen LogP contribution >= 0.6 is 31.9 Å². The summed E-state index contributed by atoms with van der Waals surface area (Å²) in [5.74, 6) is 0. The maximum absolute atomic E-state index is 13.8. The molecule has 0 unspecified atom stereocenters. The highest BCUT2D eigenvalue weighted by Crippen LogP contribution is 2.48. The van der Waals surface area contributed by atoms with Crippen molar-refractivity contribution in [3.05, 3.63) is 93.0 Å². The van der Waals surface area contributed by atoms with Crippen molar-refractivity contribution < 1.29 is 13.2 Å². The van der Waals surface area contributed by atoms with Gasteiger partial charge in [-0.3, -0.25) is 0 Å². The molecule has 0 fully saturated rings. The van der Waals surface area contributed by atoms with Crippen LogP contribution in [0.5, 0.6) is 0 Å². The van der Waals surface area contributed by atoms with Crippen LogP contribution in [0.4, 0.5) is 13.2 Å². The molecule has 0 saturated carbocycles. The molecule has 1 aromatic heterocycles. The van der Waals surface area contributed by atoms with Crippen LogP contribution < -0.4 is 0 Å². The fourth-order valence-corrected chi connectivity index (χ4v) is 5.24. The Labute approximate surface area is 177 Å². The average Bonchev–Trinajstić information content (AvgIpc) is 2.92. The summed E-state index contributed by atoms with van der Waals surface area (Å²) in [5.41, 5.74) is 1.46. The molecular formula is C22H14Br2F3N. The van der Waals surface area contributed by atoms with Crippen molar-refractivity contribution in [2.24, 2.45) is 0 Å². The first-order valence-electron chi connectivity index (χ1n) is 8.54. The third-order valence-corrected chi connectivity index (χ3v) is 6.25. The Morgan fingerprint density at radius 3 is 2.14 bits per heavy atom. The SMILES string of the molecule is FC(F)(F)c1c(Br)c(-c2cccc3ccccc23)n(Cc2ccccc2)c1Br. The molecule has 0 aliphatic rings. The molecule has 0 bridgehead atoms. The monoisotopic (exact) mass is 507 g/mol. The lowest BCUT2D eigenvalue weighted by molar-refractivity contribution is -0.138. The Morgan fingerprint density at radius 1 is 0.786 bits per heavy atom. The molecular weight excluding hydrogens is 495 g/mol. The second-order valence-corrected chi connectivity index (χ2v) is 7.97. The van der Waals surface area contributed by atoms with Crippen molar-refractivity contribution in [1.82, 2.24) is 4.57 Å². The highest BCUT2D eigenvalue weighted by Gasteiger charge is 2.40. The molecule has 0 saturated heterocycles. The molecule has 1 nitrogen and oxygen atoms in total. The topological polar surface area (TPSA) is 4.93 Å². The van der Waals surface area contributed by atoms with E-state index in [2.05, 4.69) is 31.9 Å². The molecule has 0 amide bonds. The van der Waals surface area contributed by atoms with Crippen LogP contribution in [-0.4, -0.2) is 4.57 Å². The molecule has 0 N–H and O–H groups in total. The third kappa shape index (κ3) is 3.40. The summed E-state index contributed by atoms with van der Waals surface area (Å²) in [7, 11) is 0. The fraction of sp³-hybridized carbons (Fsp3) is 0.0909. The van der Waals surface area contributed by atoms with Crippen LogP contribution in [0.15, 0.2) is 81.9 Å². The van der Waals surface area contributed by atoms with Crippen LogP contribution in [-0.2, 0) is 12.7 Å². The third-order valence-electron chi connectivity index (χ3n) is 4.65. The maximum atomic E-state index is 13.8. The zero-order valence-electron chi connectivity index (χ0n) is 14.5. The minimum atomic E-state index is -4.49. The lowest BCUT2D eigenvalue weighted by Crippen LogP contribution is -2.07. The first-order chi connectivity index (χ1) is 13.4. The number of aromatic nitrogens is 1. The Hall–Kier alpha value is -2.05. The molecule has 0 spiro atoms. The molecule has 4 aromatic rings. The van der Waals surface area contributed by atoms with Gasteiger partial charge in [0.2, 0.25) is 0 Å². The summed E-state index contributed by atoms with van der Waals surface area (Å²) >= 11 is 6.47. The largest absolute Gasteiger partial charge is 0.420 e. The summed E-state index contributed by atoms with van der Waals surface area (Å²) in [4.78, 5) is 0. The molecule has 0 atom stereocenters. The minimum absolute atomic E-state index is 0.0127. The minimum Gasteiger partial charge on any atom is -0.329 e. The lowest BCUT2D eigenvalue weighted by Gasteiger charge is -2.14. The number of halogens is 5. The Morgan fingerprint density at radius 2 is 1.43 bits per heavy atom. The van der Waals surface area contributed by atoms with E-state index in [9.17, 15) is 13.2 Å². The van der Waals surface area contributed by atoms with Crippen molar-refractivity contribution >= 4 is 42.6 Å². The van der Waals surface area contributed by atoms with E-state index in [0.717, 1.165) is 21.9 Å². The maximum Gasteiger partial charge on any atom is 0.420 e. The van der Waals surface area contributed by atoms with E-state index in [1.54, 1.807) is 4.57 Å².